The van der Waals surface area contributed by atoms with E-state index in [4.69, 9.17) is 4.74 Å². The van der Waals surface area contributed by atoms with Crippen molar-refractivity contribution in [2.24, 2.45) is 5.92 Å². The summed E-state index contributed by atoms with van der Waals surface area (Å²) in [4.78, 5) is 0. The Balaban J connectivity index is 2.35. The molecule has 0 saturated carbocycles. The van der Waals surface area contributed by atoms with Gasteiger partial charge in [-0.25, -0.2) is 0 Å². The predicted octanol–water partition coefficient (Wildman–Crippen LogP) is 2.69. The molecule has 0 spiro atoms. The van der Waals surface area contributed by atoms with Crippen LogP contribution >= 0.6 is 0 Å². The molecule has 0 saturated heterocycles. The van der Waals surface area contributed by atoms with Gasteiger partial charge in [0, 0.05) is 12.5 Å². The Labute approximate surface area is 85.3 Å². The van der Waals surface area contributed by atoms with Crippen molar-refractivity contribution in [2.45, 2.75) is 20.3 Å². The van der Waals surface area contributed by atoms with Gasteiger partial charge in [0.05, 0.1) is 12.3 Å². The molecule has 0 amide bonds. The summed E-state index contributed by atoms with van der Waals surface area (Å²) in [7, 11) is 0. The van der Waals surface area contributed by atoms with E-state index in [-0.39, 0.29) is 0 Å². The van der Waals surface area contributed by atoms with E-state index in [0.29, 0.717) is 5.92 Å². The van der Waals surface area contributed by atoms with Crippen LogP contribution in [0.4, 0.5) is 5.69 Å². The van der Waals surface area contributed by atoms with Gasteiger partial charge in [0.15, 0.2) is 0 Å². The van der Waals surface area contributed by atoms with E-state index in [2.05, 4.69) is 37.4 Å². The minimum atomic E-state index is 0.576. The van der Waals surface area contributed by atoms with Gasteiger partial charge in [0.1, 0.15) is 5.75 Å². The highest BCUT2D eigenvalue weighted by molar-refractivity contribution is 5.60. The normalized spacial score (nSPS) is 20.3. The third kappa shape index (κ3) is 1.69. The molecule has 2 rings (SSSR count). The van der Waals surface area contributed by atoms with Gasteiger partial charge < -0.3 is 10.1 Å². The third-order valence-electron chi connectivity index (χ3n) is 2.63. The van der Waals surface area contributed by atoms with Crippen LogP contribution in [0.5, 0.6) is 5.75 Å². The second kappa shape index (κ2) is 3.91. The van der Waals surface area contributed by atoms with E-state index in [1.165, 1.54) is 5.56 Å². The summed E-state index contributed by atoms with van der Waals surface area (Å²) in [6.45, 7) is 6.18. The number of aryl methyl sites for hydroxylation is 1. The standard InChI is InChI=1S/C12H17NO/c1-3-10-5-4-6-11-12(10)14-8-9(2)7-13-11/h4-6,9,13H,3,7-8H2,1-2H3. The molecule has 1 aliphatic rings. The third-order valence-corrected chi connectivity index (χ3v) is 2.63. The monoisotopic (exact) mass is 191 g/mol. The summed E-state index contributed by atoms with van der Waals surface area (Å²) in [6, 6.07) is 6.31. The van der Waals surface area contributed by atoms with Crippen molar-refractivity contribution in [3.05, 3.63) is 23.8 Å². The van der Waals surface area contributed by atoms with E-state index < -0.39 is 0 Å². The topological polar surface area (TPSA) is 21.3 Å². The first-order valence-electron chi connectivity index (χ1n) is 5.29. The number of anilines is 1. The molecule has 2 nitrogen and oxygen atoms in total. The highest BCUT2D eigenvalue weighted by Gasteiger charge is 2.14. The molecule has 2 heteroatoms. The molecule has 1 N–H and O–H groups in total. The summed E-state index contributed by atoms with van der Waals surface area (Å²) in [5, 5.41) is 3.42. The van der Waals surface area contributed by atoms with Gasteiger partial charge in [-0.2, -0.15) is 0 Å². The zero-order valence-electron chi connectivity index (χ0n) is 8.84. The number of hydrogen-bond donors (Lipinski definition) is 1. The molecule has 14 heavy (non-hydrogen) atoms. The summed E-state index contributed by atoms with van der Waals surface area (Å²) in [5.74, 6) is 1.63. The molecule has 76 valence electrons. The van der Waals surface area contributed by atoms with Crippen LogP contribution in [0.3, 0.4) is 0 Å². The fraction of sp³-hybridized carbons (Fsp3) is 0.500. The lowest BCUT2D eigenvalue weighted by molar-refractivity contribution is 0.273. The molecule has 0 aliphatic carbocycles. The highest BCUT2D eigenvalue weighted by Crippen LogP contribution is 2.31. The predicted molar refractivity (Wildman–Crippen MR) is 59.0 cm³/mol. The van der Waals surface area contributed by atoms with Crippen LogP contribution < -0.4 is 10.1 Å². The first-order chi connectivity index (χ1) is 6.81. The molecule has 1 heterocycles. The molecular weight excluding hydrogens is 174 g/mol. The van der Waals surface area contributed by atoms with E-state index >= 15 is 0 Å². The lowest BCUT2D eigenvalue weighted by atomic mass is 10.1. The van der Waals surface area contributed by atoms with E-state index in [1.807, 2.05) is 0 Å². The molecular formula is C12H17NO. The van der Waals surface area contributed by atoms with E-state index in [0.717, 1.165) is 31.0 Å². The van der Waals surface area contributed by atoms with Gasteiger partial charge in [-0.1, -0.05) is 26.0 Å². The summed E-state index contributed by atoms with van der Waals surface area (Å²) in [6.07, 6.45) is 1.03. The molecule has 1 aromatic rings. The highest BCUT2D eigenvalue weighted by atomic mass is 16.5. The van der Waals surface area contributed by atoms with Crippen molar-refractivity contribution in [2.75, 3.05) is 18.5 Å². The van der Waals surface area contributed by atoms with Crippen LogP contribution in [0.1, 0.15) is 19.4 Å². The van der Waals surface area contributed by atoms with Gasteiger partial charge >= 0.3 is 0 Å². The number of rotatable bonds is 1. The average molecular weight is 191 g/mol. The van der Waals surface area contributed by atoms with Crippen molar-refractivity contribution in [1.82, 2.24) is 0 Å². The lowest BCUT2D eigenvalue weighted by Crippen LogP contribution is -2.13. The smallest absolute Gasteiger partial charge is 0.145 e. The van der Waals surface area contributed by atoms with Gasteiger partial charge in [-0.05, 0) is 18.1 Å². The average Bonchev–Trinajstić information content (AvgIpc) is 2.41. The minimum absolute atomic E-state index is 0.576. The van der Waals surface area contributed by atoms with Crippen LogP contribution in [-0.4, -0.2) is 13.2 Å². The Bertz CT molecular complexity index is 322. The Morgan fingerprint density at radius 1 is 1.50 bits per heavy atom. The fourth-order valence-corrected chi connectivity index (χ4v) is 1.74. The number of ether oxygens (including phenoxy) is 1. The van der Waals surface area contributed by atoms with Gasteiger partial charge in [-0.3, -0.25) is 0 Å². The maximum atomic E-state index is 5.82. The molecule has 1 aromatic carbocycles. The second-order valence-electron chi connectivity index (χ2n) is 3.94. The quantitative estimate of drug-likeness (QED) is 0.737. The zero-order chi connectivity index (χ0) is 9.97. The number of fused-ring (bicyclic) bond motifs is 1. The van der Waals surface area contributed by atoms with Gasteiger partial charge in [0.25, 0.3) is 0 Å². The number of para-hydroxylation sites is 1. The van der Waals surface area contributed by atoms with E-state index in [1.54, 1.807) is 0 Å². The summed E-state index contributed by atoms with van der Waals surface area (Å²) >= 11 is 0. The first kappa shape index (κ1) is 9.38. The molecule has 1 unspecified atom stereocenters. The number of hydrogen-bond acceptors (Lipinski definition) is 2. The minimum Gasteiger partial charge on any atom is -0.491 e. The largest absolute Gasteiger partial charge is 0.491 e. The van der Waals surface area contributed by atoms with Gasteiger partial charge in [-0.15, -0.1) is 0 Å². The molecule has 1 atom stereocenters. The Morgan fingerprint density at radius 2 is 2.36 bits per heavy atom. The van der Waals surface area contributed by atoms with Crippen molar-refractivity contribution in [1.29, 1.82) is 0 Å². The SMILES string of the molecule is CCc1cccc2c1OCC(C)CN2. The van der Waals surface area contributed by atoms with Crippen molar-refractivity contribution < 1.29 is 4.74 Å². The number of nitrogens with one attached hydrogen (secondary N) is 1. The van der Waals surface area contributed by atoms with Crippen LogP contribution in [0, 0.1) is 5.92 Å². The Hall–Kier alpha value is -1.18. The van der Waals surface area contributed by atoms with Crippen LogP contribution in [0.2, 0.25) is 0 Å². The lowest BCUT2D eigenvalue weighted by Gasteiger charge is -2.11. The molecule has 0 fully saturated rings. The fourth-order valence-electron chi connectivity index (χ4n) is 1.74. The van der Waals surface area contributed by atoms with Gasteiger partial charge in [0.2, 0.25) is 0 Å². The van der Waals surface area contributed by atoms with E-state index in [9.17, 15) is 0 Å². The molecule has 0 aromatic heterocycles. The Kier molecular flexibility index (Phi) is 2.62. The van der Waals surface area contributed by atoms with Crippen LogP contribution in [-0.2, 0) is 6.42 Å². The Morgan fingerprint density at radius 3 is 3.14 bits per heavy atom. The van der Waals surface area contributed by atoms with Crippen LogP contribution in [0.25, 0.3) is 0 Å². The summed E-state index contributed by atoms with van der Waals surface area (Å²) in [5.41, 5.74) is 2.44. The molecule has 0 radical (unpaired) electrons. The van der Waals surface area contributed by atoms with Crippen molar-refractivity contribution in [3.8, 4) is 5.75 Å². The summed E-state index contributed by atoms with van der Waals surface area (Å²) < 4.78 is 5.82. The maximum absolute atomic E-state index is 5.82. The molecule has 0 bridgehead atoms. The zero-order valence-corrected chi connectivity index (χ0v) is 8.84. The van der Waals surface area contributed by atoms with Crippen molar-refractivity contribution in [3.63, 3.8) is 0 Å². The van der Waals surface area contributed by atoms with Crippen molar-refractivity contribution >= 4 is 5.69 Å². The maximum Gasteiger partial charge on any atom is 0.145 e. The molecule has 1 aliphatic heterocycles. The first-order valence-corrected chi connectivity index (χ1v) is 5.29. The van der Waals surface area contributed by atoms with Crippen LogP contribution in [0.15, 0.2) is 18.2 Å². The number of benzene rings is 1. The second-order valence-corrected chi connectivity index (χ2v) is 3.94.